The van der Waals surface area contributed by atoms with E-state index in [1.165, 1.54) is 0 Å². The van der Waals surface area contributed by atoms with Gasteiger partial charge in [0.15, 0.2) is 5.43 Å². The highest BCUT2D eigenvalue weighted by Crippen LogP contribution is 2.11. The number of carboxylic acids is 1. The third kappa shape index (κ3) is 1.69. The quantitative estimate of drug-likeness (QED) is 0.827. The average Bonchev–Trinajstić information content (AvgIpc) is 2.25. The van der Waals surface area contributed by atoms with Crippen LogP contribution in [0, 0.1) is 6.92 Å². The van der Waals surface area contributed by atoms with Crippen molar-refractivity contribution < 1.29 is 9.90 Å². The third-order valence-corrected chi connectivity index (χ3v) is 2.47. The van der Waals surface area contributed by atoms with Crippen LogP contribution in [-0.2, 0) is 11.3 Å². The summed E-state index contributed by atoms with van der Waals surface area (Å²) in [5.74, 6) is -0.923. The monoisotopic (exact) mass is 217 g/mol. The number of nitrogens with zero attached hydrogens (tertiary/aromatic N) is 1. The molecule has 0 aliphatic heterocycles. The van der Waals surface area contributed by atoms with Gasteiger partial charge in [-0.2, -0.15) is 0 Å². The van der Waals surface area contributed by atoms with Crippen molar-refractivity contribution in [1.82, 2.24) is 4.57 Å². The van der Waals surface area contributed by atoms with Crippen LogP contribution in [0.4, 0.5) is 0 Å². The van der Waals surface area contributed by atoms with Crippen LogP contribution in [0.25, 0.3) is 10.9 Å². The van der Waals surface area contributed by atoms with Gasteiger partial charge in [0.1, 0.15) is 6.54 Å². The number of fused-ring (bicyclic) bond motifs is 1. The number of aromatic nitrogens is 1. The van der Waals surface area contributed by atoms with Crippen molar-refractivity contribution in [3.8, 4) is 0 Å². The van der Waals surface area contributed by atoms with Crippen molar-refractivity contribution in [3.63, 3.8) is 0 Å². The van der Waals surface area contributed by atoms with Gasteiger partial charge >= 0.3 is 5.97 Å². The molecule has 0 radical (unpaired) electrons. The second-order valence-corrected chi connectivity index (χ2v) is 3.68. The summed E-state index contributed by atoms with van der Waals surface area (Å²) in [5, 5.41) is 9.35. The summed E-state index contributed by atoms with van der Waals surface area (Å²) in [4.78, 5) is 22.5. The molecule has 0 aliphatic carbocycles. The summed E-state index contributed by atoms with van der Waals surface area (Å²) in [5.41, 5.74) is 1.16. The fourth-order valence-electron chi connectivity index (χ4n) is 1.77. The first-order valence-corrected chi connectivity index (χ1v) is 4.90. The molecule has 1 heterocycles. The summed E-state index contributed by atoms with van der Waals surface area (Å²) in [6, 6.07) is 7.02. The molecule has 0 bridgehead atoms. The van der Waals surface area contributed by atoms with E-state index in [4.69, 9.17) is 5.11 Å². The van der Waals surface area contributed by atoms with E-state index in [0.717, 1.165) is 0 Å². The molecular formula is C12H11NO3. The molecule has 0 atom stereocenters. The van der Waals surface area contributed by atoms with E-state index in [9.17, 15) is 9.59 Å². The summed E-state index contributed by atoms with van der Waals surface area (Å²) < 4.78 is 1.58. The maximum atomic E-state index is 11.8. The summed E-state index contributed by atoms with van der Waals surface area (Å²) in [6.45, 7) is 1.55. The fraction of sp³-hybridized carbons (Fsp3) is 0.167. The van der Waals surface area contributed by atoms with Crippen LogP contribution < -0.4 is 5.43 Å². The van der Waals surface area contributed by atoms with E-state index in [-0.39, 0.29) is 12.0 Å². The first kappa shape index (κ1) is 10.4. The van der Waals surface area contributed by atoms with E-state index in [1.807, 2.05) is 0 Å². The van der Waals surface area contributed by atoms with E-state index in [1.54, 1.807) is 42.0 Å². The summed E-state index contributed by atoms with van der Waals surface area (Å²) in [6.07, 6.45) is 1.58. The number of pyridine rings is 1. The molecular weight excluding hydrogens is 206 g/mol. The molecule has 0 saturated heterocycles. The van der Waals surface area contributed by atoms with Gasteiger partial charge in [0.25, 0.3) is 0 Å². The molecule has 2 rings (SSSR count). The van der Waals surface area contributed by atoms with Crippen molar-refractivity contribution in [3.05, 3.63) is 46.2 Å². The Morgan fingerprint density at radius 2 is 2.06 bits per heavy atom. The number of hydrogen-bond donors (Lipinski definition) is 1. The fourth-order valence-corrected chi connectivity index (χ4v) is 1.77. The lowest BCUT2D eigenvalue weighted by Gasteiger charge is -2.09. The number of aryl methyl sites for hydroxylation is 1. The molecule has 0 unspecified atom stereocenters. The Hall–Kier alpha value is -2.10. The first-order valence-electron chi connectivity index (χ1n) is 4.90. The topological polar surface area (TPSA) is 59.3 Å². The molecule has 0 aliphatic rings. The van der Waals surface area contributed by atoms with E-state index in [2.05, 4.69) is 0 Å². The normalized spacial score (nSPS) is 10.6. The first-order chi connectivity index (χ1) is 7.59. The lowest BCUT2D eigenvalue weighted by atomic mass is 10.1. The Morgan fingerprint density at radius 3 is 2.75 bits per heavy atom. The number of aliphatic carboxylic acids is 1. The molecule has 2 aromatic rings. The predicted octanol–water partition coefficient (Wildman–Crippen LogP) is 1.39. The zero-order chi connectivity index (χ0) is 11.7. The second kappa shape index (κ2) is 3.81. The van der Waals surface area contributed by atoms with Crippen LogP contribution in [-0.4, -0.2) is 15.6 Å². The third-order valence-electron chi connectivity index (χ3n) is 2.47. The van der Waals surface area contributed by atoms with Gasteiger partial charge in [0.05, 0.1) is 5.52 Å². The van der Waals surface area contributed by atoms with Crippen molar-refractivity contribution in [2.24, 2.45) is 0 Å². The lowest BCUT2D eigenvalue weighted by Crippen LogP contribution is -2.15. The number of benzene rings is 1. The Kier molecular flexibility index (Phi) is 2.48. The van der Waals surface area contributed by atoms with Gasteiger partial charge in [0.2, 0.25) is 0 Å². The smallest absolute Gasteiger partial charge is 0.323 e. The van der Waals surface area contributed by atoms with Crippen LogP contribution in [0.2, 0.25) is 0 Å². The van der Waals surface area contributed by atoms with Crippen LogP contribution >= 0.6 is 0 Å². The van der Waals surface area contributed by atoms with Crippen LogP contribution in [0.15, 0.2) is 35.3 Å². The van der Waals surface area contributed by atoms with Gasteiger partial charge in [-0.25, -0.2) is 0 Å². The minimum absolute atomic E-state index is 0.0442. The molecule has 0 spiro atoms. The minimum atomic E-state index is -0.923. The molecule has 1 N–H and O–H groups in total. The average molecular weight is 217 g/mol. The number of carbonyl (C=O) groups is 1. The molecule has 0 fully saturated rings. The predicted molar refractivity (Wildman–Crippen MR) is 60.6 cm³/mol. The standard InChI is InChI=1S/C12H11NO3/c1-8-6-13(7-11(14)15)10-5-3-2-4-9(10)12(8)16/h2-6H,7H2,1H3,(H,14,15). The zero-order valence-corrected chi connectivity index (χ0v) is 8.80. The largest absolute Gasteiger partial charge is 0.480 e. The molecule has 16 heavy (non-hydrogen) atoms. The maximum absolute atomic E-state index is 11.8. The van der Waals surface area contributed by atoms with Crippen LogP contribution in [0.3, 0.4) is 0 Å². The Morgan fingerprint density at radius 1 is 1.38 bits per heavy atom. The van der Waals surface area contributed by atoms with Crippen LogP contribution in [0.1, 0.15) is 5.56 Å². The van der Waals surface area contributed by atoms with Crippen molar-refractivity contribution in [1.29, 1.82) is 0 Å². The Bertz CT molecular complexity index is 613. The highest BCUT2D eigenvalue weighted by atomic mass is 16.4. The van der Waals surface area contributed by atoms with Gasteiger partial charge in [0, 0.05) is 17.1 Å². The van der Waals surface area contributed by atoms with Crippen molar-refractivity contribution in [2.45, 2.75) is 13.5 Å². The highest BCUT2D eigenvalue weighted by molar-refractivity contribution is 5.81. The van der Waals surface area contributed by atoms with Gasteiger partial charge in [-0.15, -0.1) is 0 Å². The highest BCUT2D eigenvalue weighted by Gasteiger charge is 2.07. The van der Waals surface area contributed by atoms with Gasteiger partial charge < -0.3 is 9.67 Å². The Labute approximate surface area is 91.8 Å². The number of hydrogen-bond acceptors (Lipinski definition) is 2. The molecule has 82 valence electrons. The van der Waals surface area contributed by atoms with E-state index >= 15 is 0 Å². The summed E-state index contributed by atoms with van der Waals surface area (Å²) in [7, 11) is 0. The summed E-state index contributed by atoms with van der Waals surface area (Å²) >= 11 is 0. The van der Waals surface area contributed by atoms with Crippen LogP contribution in [0.5, 0.6) is 0 Å². The Balaban J connectivity index is 2.79. The molecule has 4 nitrogen and oxygen atoms in total. The minimum Gasteiger partial charge on any atom is -0.480 e. The number of para-hydroxylation sites is 1. The maximum Gasteiger partial charge on any atom is 0.323 e. The molecule has 1 aromatic carbocycles. The second-order valence-electron chi connectivity index (χ2n) is 3.68. The van der Waals surface area contributed by atoms with Gasteiger partial charge in [-0.3, -0.25) is 9.59 Å². The van der Waals surface area contributed by atoms with Gasteiger partial charge in [-0.05, 0) is 19.1 Å². The number of rotatable bonds is 2. The SMILES string of the molecule is Cc1cn(CC(=O)O)c2ccccc2c1=O. The lowest BCUT2D eigenvalue weighted by molar-refractivity contribution is -0.137. The molecule has 1 aromatic heterocycles. The molecule has 0 saturated carbocycles. The van der Waals surface area contributed by atoms with E-state index in [0.29, 0.717) is 16.5 Å². The van der Waals surface area contributed by atoms with Gasteiger partial charge in [-0.1, -0.05) is 12.1 Å². The molecule has 4 heteroatoms. The zero-order valence-electron chi connectivity index (χ0n) is 8.80. The van der Waals surface area contributed by atoms with Crippen molar-refractivity contribution >= 4 is 16.9 Å². The van der Waals surface area contributed by atoms with Crippen molar-refractivity contribution in [2.75, 3.05) is 0 Å². The molecule has 0 amide bonds. The number of carboxylic acid groups (broad SMARTS) is 1. The van der Waals surface area contributed by atoms with E-state index < -0.39 is 5.97 Å².